The SMILES string of the molecule is CN(c1ccc(C#N)cc1)c1ccc(/C=C/c2ccccc2)cc1.CN(c1ccc(C#N)cc1)c1ccc(/C=C/c2ccccc2)cc1. The summed E-state index contributed by atoms with van der Waals surface area (Å²) in [6, 6.07) is 56.8. The Morgan fingerprint density at radius 1 is 0.354 bits per heavy atom. The van der Waals surface area contributed by atoms with Crippen molar-refractivity contribution in [1.82, 2.24) is 0 Å². The Kier molecular flexibility index (Phi) is 11.3. The molecule has 48 heavy (non-hydrogen) atoms. The van der Waals surface area contributed by atoms with Crippen molar-refractivity contribution >= 4 is 47.1 Å². The molecule has 0 N–H and O–H groups in total. The van der Waals surface area contributed by atoms with Crippen LogP contribution in [0.4, 0.5) is 22.7 Å². The van der Waals surface area contributed by atoms with Gasteiger partial charge in [-0.25, -0.2) is 0 Å². The van der Waals surface area contributed by atoms with E-state index in [0.29, 0.717) is 11.1 Å². The van der Waals surface area contributed by atoms with Gasteiger partial charge < -0.3 is 9.80 Å². The molecule has 0 spiro atoms. The van der Waals surface area contributed by atoms with Crippen LogP contribution < -0.4 is 9.80 Å². The van der Waals surface area contributed by atoms with E-state index in [2.05, 4.69) is 119 Å². The largest absolute Gasteiger partial charge is 0.345 e. The van der Waals surface area contributed by atoms with Crippen molar-refractivity contribution in [1.29, 1.82) is 10.5 Å². The molecule has 4 heteroatoms. The van der Waals surface area contributed by atoms with Crippen LogP contribution in [-0.2, 0) is 0 Å². The van der Waals surface area contributed by atoms with Crippen molar-refractivity contribution < 1.29 is 0 Å². The quantitative estimate of drug-likeness (QED) is 0.159. The predicted octanol–water partition coefficient (Wildman–Crippen LogP) is 11.0. The molecule has 0 aliphatic rings. The summed E-state index contributed by atoms with van der Waals surface area (Å²) in [5, 5.41) is 17.8. The van der Waals surface area contributed by atoms with E-state index in [1.165, 1.54) is 11.1 Å². The lowest BCUT2D eigenvalue weighted by molar-refractivity contribution is 1.21. The highest BCUT2D eigenvalue weighted by Crippen LogP contribution is 2.26. The summed E-state index contributed by atoms with van der Waals surface area (Å²) in [6.07, 6.45) is 8.44. The first-order chi connectivity index (χ1) is 23.5. The second-order valence-corrected chi connectivity index (χ2v) is 11.1. The Hall–Kier alpha value is -6.62. The number of nitrogens with zero attached hydrogens (tertiary/aromatic N) is 4. The van der Waals surface area contributed by atoms with Crippen LogP contribution in [0.15, 0.2) is 158 Å². The maximum Gasteiger partial charge on any atom is 0.0991 e. The zero-order chi connectivity index (χ0) is 33.6. The van der Waals surface area contributed by atoms with Gasteiger partial charge in [0.25, 0.3) is 0 Å². The highest BCUT2D eigenvalue weighted by Gasteiger charge is 2.05. The van der Waals surface area contributed by atoms with Gasteiger partial charge in [0.1, 0.15) is 0 Å². The third-order valence-corrected chi connectivity index (χ3v) is 7.86. The van der Waals surface area contributed by atoms with Gasteiger partial charge in [0, 0.05) is 36.8 Å². The second-order valence-electron chi connectivity index (χ2n) is 11.1. The predicted molar refractivity (Wildman–Crippen MR) is 202 cm³/mol. The third-order valence-electron chi connectivity index (χ3n) is 7.86. The number of anilines is 4. The molecular formula is C44H36N4. The van der Waals surface area contributed by atoms with Crippen molar-refractivity contribution in [3.8, 4) is 12.1 Å². The van der Waals surface area contributed by atoms with E-state index in [9.17, 15) is 0 Å². The summed E-state index contributed by atoms with van der Waals surface area (Å²) in [4.78, 5) is 4.21. The molecule has 0 aromatic heterocycles. The highest BCUT2D eigenvalue weighted by atomic mass is 15.1. The average Bonchev–Trinajstić information content (AvgIpc) is 3.17. The normalized spacial score (nSPS) is 10.5. The minimum absolute atomic E-state index is 0.675. The van der Waals surface area contributed by atoms with Gasteiger partial charge in [-0.15, -0.1) is 0 Å². The molecule has 232 valence electrons. The Morgan fingerprint density at radius 2 is 0.604 bits per heavy atom. The van der Waals surface area contributed by atoms with Crippen LogP contribution in [-0.4, -0.2) is 14.1 Å². The van der Waals surface area contributed by atoms with Crippen LogP contribution in [0.25, 0.3) is 24.3 Å². The van der Waals surface area contributed by atoms with Crippen molar-refractivity contribution in [2.45, 2.75) is 0 Å². The fraction of sp³-hybridized carbons (Fsp3) is 0.0455. The summed E-state index contributed by atoms with van der Waals surface area (Å²) in [5.41, 5.74) is 10.4. The molecule has 0 aliphatic heterocycles. The number of hydrogen-bond donors (Lipinski definition) is 0. The minimum Gasteiger partial charge on any atom is -0.345 e. The molecule has 0 bridgehead atoms. The fourth-order valence-electron chi connectivity index (χ4n) is 4.95. The van der Waals surface area contributed by atoms with Crippen molar-refractivity contribution in [3.05, 3.63) is 191 Å². The molecule has 0 heterocycles. The van der Waals surface area contributed by atoms with E-state index < -0.39 is 0 Å². The molecular weight excluding hydrogens is 585 g/mol. The summed E-state index contributed by atoms with van der Waals surface area (Å²) >= 11 is 0. The number of rotatable bonds is 8. The van der Waals surface area contributed by atoms with Crippen LogP contribution in [0.5, 0.6) is 0 Å². The first-order valence-corrected chi connectivity index (χ1v) is 15.7. The molecule has 0 atom stereocenters. The molecule has 0 radical (unpaired) electrons. The van der Waals surface area contributed by atoms with Crippen molar-refractivity contribution in [2.75, 3.05) is 23.9 Å². The Bertz CT molecular complexity index is 1860. The van der Waals surface area contributed by atoms with E-state index in [0.717, 1.165) is 33.9 Å². The molecule has 6 aromatic rings. The molecule has 0 saturated heterocycles. The number of nitriles is 2. The maximum atomic E-state index is 8.88. The summed E-state index contributed by atoms with van der Waals surface area (Å²) in [7, 11) is 4.05. The summed E-state index contributed by atoms with van der Waals surface area (Å²) < 4.78 is 0. The van der Waals surface area contributed by atoms with Gasteiger partial charge in [0.2, 0.25) is 0 Å². The molecule has 6 aromatic carbocycles. The fourth-order valence-corrected chi connectivity index (χ4v) is 4.95. The van der Waals surface area contributed by atoms with E-state index >= 15 is 0 Å². The average molecular weight is 621 g/mol. The molecule has 0 aliphatic carbocycles. The topological polar surface area (TPSA) is 54.1 Å². The maximum absolute atomic E-state index is 8.88. The first kappa shape index (κ1) is 32.8. The van der Waals surface area contributed by atoms with Gasteiger partial charge >= 0.3 is 0 Å². The Morgan fingerprint density at radius 3 is 0.875 bits per heavy atom. The molecule has 0 fully saturated rings. The van der Waals surface area contributed by atoms with Gasteiger partial charge in [-0.2, -0.15) is 10.5 Å². The van der Waals surface area contributed by atoms with Crippen LogP contribution in [0, 0.1) is 22.7 Å². The van der Waals surface area contributed by atoms with Gasteiger partial charge in [-0.05, 0) is 95.1 Å². The molecule has 6 rings (SSSR count). The molecule has 0 amide bonds. The highest BCUT2D eigenvalue weighted by molar-refractivity contribution is 5.73. The number of hydrogen-bond acceptors (Lipinski definition) is 4. The summed E-state index contributed by atoms with van der Waals surface area (Å²) in [5.74, 6) is 0. The standard InChI is InChI=1S/2C22H18N2/c2*1-24(22-15-11-20(17-23)12-16-22)21-13-9-19(10-14-21)8-7-18-5-3-2-4-6-18/h2*2-16H,1H3/b2*8-7+. The lowest BCUT2D eigenvalue weighted by atomic mass is 10.1. The minimum atomic E-state index is 0.675. The smallest absolute Gasteiger partial charge is 0.0991 e. The van der Waals surface area contributed by atoms with Gasteiger partial charge in [0.05, 0.1) is 23.3 Å². The van der Waals surface area contributed by atoms with Crippen LogP contribution in [0.2, 0.25) is 0 Å². The Labute approximate surface area is 284 Å². The lowest BCUT2D eigenvalue weighted by Crippen LogP contribution is -2.08. The second kappa shape index (κ2) is 16.6. The summed E-state index contributed by atoms with van der Waals surface area (Å²) in [6.45, 7) is 0. The zero-order valence-electron chi connectivity index (χ0n) is 27.1. The number of benzene rings is 6. The zero-order valence-corrected chi connectivity index (χ0v) is 27.1. The Balaban J connectivity index is 0.000000188. The first-order valence-electron chi connectivity index (χ1n) is 15.7. The lowest BCUT2D eigenvalue weighted by Gasteiger charge is -2.19. The molecule has 0 saturated carbocycles. The van der Waals surface area contributed by atoms with Crippen molar-refractivity contribution in [2.24, 2.45) is 0 Å². The van der Waals surface area contributed by atoms with Crippen LogP contribution in [0.1, 0.15) is 33.4 Å². The van der Waals surface area contributed by atoms with Gasteiger partial charge in [0.15, 0.2) is 0 Å². The van der Waals surface area contributed by atoms with Gasteiger partial charge in [-0.1, -0.05) is 109 Å². The van der Waals surface area contributed by atoms with Crippen LogP contribution >= 0.6 is 0 Å². The van der Waals surface area contributed by atoms with Gasteiger partial charge in [-0.3, -0.25) is 0 Å². The monoisotopic (exact) mass is 620 g/mol. The molecule has 0 unspecified atom stereocenters. The van der Waals surface area contributed by atoms with Crippen molar-refractivity contribution in [3.63, 3.8) is 0 Å². The van der Waals surface area contributed by atoms with E-state index in [1.807, 2.05) is 99.0 Å². The van der Waals surface area contributed by atoms with E-state index in [4.69, 9.17) is 10.5 Å². The third kappa shape index (κ3) is 9.21. The van der Waals surface area contributed by atoms with E-state index in [1.54, 1.807) is 0 Å². The molecule has 4 nitrogen and oxygen atoms in total. The van der Waals surface area contributed by atoms with Crippen LogP contribution in [0.3, 0.4) is 0 Å². The van der Waals surface area contributed by atoms with E-state index in [-0.39, 0.29) is 0 Å².